The molecule has 4 N–H and O–H groups in total. The van der Waals surface area contributed by atoms with Crippen LogP contribution in [0.1, 0.15) is 5.56 Å². The lowest BCUT2D eigenvalue weighted by Crippen LogP contribution is -2.36. The molecule has 0 unspecified atom stereocenters. The first-order valence-corrected chi connectivity index (χ1v) is 9.89. The van der Waals surface area contributed by atoms with Crippen LogP contribution in [0.15, 0.2) is 42.5 Å². The standard InChI is InChI=1S/C22H28N4O6/c1-15-7-8-19(31-3)18(11-15)26-21(28)14-24-20(27)13-23-16-5-4-6-17(12-16)25-22(29)32-10-9-30-2/h4-8,11-12,23H,9-10,13-14H2,1-3H3,(H,24,27)(H,25,29)(H,26,28). The lowest BCUT2D eigenvalue weighted by molar-refractivity contribution is -0.122. The van der Waals surface area contributed by atoms with Crippen LogP contribution in [0.4, 0.5) is 21.9 Å². The maximum absolute atomic E-state index is 12.2. The molecule has 0 aromatic heterocycles. The van der Waals surface area contributed by atoms with E-state index in [1.165, 1.54) is 14.2 Å². The van der Waals surface area contributed by atoms with Crippen molar-refractivity contribution >= 4 is 35.0 Å². The third kappa shape index (κ3) is 8.52. The molecule has 0 heterocycles. The molecule has 172 valence electrons. The Morgan fingerprint density at radius 2 is 1.66 bits per heavy atom. The van der Waals surface area contributed by atoms with E-state index in [-0.39, 0.29) is 31.5 Å². The van der Waals surface area contributed by atoms with E-state index in [9.17, 15) is 14.4 Å². The third-order valence-corrected chi connectivity index (χ3v) is 4.16. The molecule has 0 aliphatic rings. The van der Waals surface area contributed by atoms with Crippen LogP contribution in [0.5, 0.6) is 5.75 Å². The van der Waals surface area contributed by atoms with Crippen LogP contribution < -0.4 is 26.0 Å². The number of anilines is 3. The molecule has 0 aliphatic carbocycles. The first kappa shape index (κ1) is 24.5. The molecule has 0 saturated heterocycles. The monoisotopic (exact) mass is 444 g/mol. The van der Waals surface area contributed by atoms with Crippen molar-refractivity contribution in [2.24, 2.45) is 0 Å². The van der Waals surface area contributed by atoms with Crippen LogP contribution in [0, 0.1) is 6.92 Å². The smallest absolute Gasteiger partial charge is 0.411 e. The summed E-state index contributed by atoms with van der Waals surface area (Å²) in [5.74, 6) is -0.206. The fourth-order valence-electron chi connectivity index (χ4n) is 2.62. The molecular formula is C22H28N4O6. The maximum Gasteiger partial charge on any atom is 0.411 e. The summed E-state index contributed by atoms with van der Waals surface area (Å²) in [4.78, 5) is 35.9. The normalized spacial score (nSPS) is 10.1. The quantitative estimate of drug-likeness (QED) is 0.392. The molecule has 0 fully saturated rings. The third-order valence-electron chi connectivity index (χ3n) is 4.16. The molecule has 0 radical (unpaired) electrons. The van der Waals surface area contributed by atoms with Gasteiger partial charge >= 0.3 is 6.09 Å². The van der Waals surface area contributed by atoms with Crippen LogP contribution in [-0.2, 0) is 19.1 Å². The van der Waals surface area contributed by atoms with Crippen molar-refractivity contribution in [2.75, 3.05) is 56.5 Å². The van der Waals surface area contributed by atoms with Crippen LogP contribution in [0.25, 0.3) is 0 Å². The van der Waals surface area contributed by atoms with E-state index in [1.807, 2.05) is 13.0 Å². The number of hydrogen-bond donors (Lipinski definition) is 4. The van der Waals surface area contributed by atoms with E-state index < -0.39 is 6.09 Å². The van der Waals surface area contributed by atoms with Gasteiger partial charge in [0, 0.05) is 18.5 Å². The van der Waals surface area contributed by atoms with Crippen molar-refractivity contribution in [1.29, 1.82) is 0 Å². The van der Waals surface area contributed by atoms with Gasteiger partial charge in [-0.15, -0.1) is 0 Å². The summed E-state index contributed by atoms with van der Waals surface area (Å²) in [5, 5.41) is 10.8. The molecule has 0 bridgehead atoms. The SMILES string of the molecule is COCCOC(=O)Nc1cccc(NCC(=O)NCC(=O)Nc2cc(C)ccc2OC)c1. The lowest BCUT2D eigenvalue weighted by atomic mass is 10.2. The molecule has 10 heteroatoms. The van der Waals surface area contributed by atoms with Gasteiger partial charge in [0.05, 0.1) is 32.5 Å². The molecule has 0 atom stereocenters. The molecule has 3 amide bonds. The molecule has 2 rings (SSSR count). The summed E-state index contributed by atoms with van der Waals surface area (Å²) in [6.07, 6.45) is -0.604. The van der Waals surface area contributed by atoms with Crippen molar-refractivity contribution in [1.82, 2.24) is 5.32 Å². The second-order valence-corrected chi connectivity index (χ2v) is 6.72. The molecule has 10 nitrogen and oxygen atoms in total. The molecule has 0 aliphatic heterocycles. The molecule has 2 aromatic carbocycles. The average molecular weight is 444 g/mol. The number of carbonyl (C=O) groups excluding carboxylic acids is 3. The highest BCUT2D eigenvalue weighted by Crippen LogP contribution is 2.24. The first-order chi connectivity index (χ1) is 15.4. The number of methoxy groups -OCH3 is 2. The Morgan fingerprint density at radius 3 is 2.41 bits per heavy atom. The first-order valence-electron chi connectivity index (χ1n) is 9.89. The summed E-state index contributed by atoms with van der Waals surface area (Å²) < 4.78 is 15.0. The fourth-order valence-corrected chi connectivity index (χ4v) is 2.62. The number of carbonyl (C=O) groups is 3. The lowest BCUT2D eigenvalue weighted by Gasteiger charge is -2.12. The summed E-state index contributed by atoms with van der Waals surface area (Å²) in [5.41, 5.74) is 2.62. The molecule has 0 saturated carbocycles. The van der Waals surface area contributed by atoms with Gasteiger partial charge in [-0.3, -0.25) is 14.9 Å². The molecular weight excluding hydrogens is 416 g/mol. The van der Waals surface area contributed by atoms with E-state index in [0.717, 1.165) is 5.56 Å². The highest BCUT2D eigenvalue weighted by Gasteiger charge is 2.10. The van der Waals surface area contributed by atoms with E-state index in [2.05, 4.69) is 21.3 Å². The fraction of sp³-hybridized carbons (Fsp3) is 0.318. The van der Waals surface area contributed by atoms with E-state index in [4.69, 9.17) is 14.2 Å². The molecule has 2 aromatic rings. The van der Waals surface area contributed by atoms with Crippen molar-refractivity contribution in [2.45, 2.75) is 6.92 Å². The topological polar surface area (TPSA) is 127 Å². The number of ether oxygens (including phenoxy) is 3. The van der Waals surface area contributed by atoms with Gasteiger partial charge in [0.1, 0.15) is 12.4 Å². The van der Waals surface area contributed by atoms with Gasteiger partial charge in [-0.1, -0.05) is 12.1 Å². The predicted molar refractivity (Wildman–Crippen MR) is 121 cm³/mol. The predicted octanol–water partition coefficient (Wildman–Crippen LogP) is 2.37. The Hall–Kier alpha value is -3.79. The van der Waals surface area contributed by atoms with Crippen LogP contribution >= 0.6 is 0 Å². The van der Waals surface area contributed by atoms with Gasteiger partial charge in [0.15, 0.2) is 0 Å². The van der Waals surface area contributed by atoms with Gasteiger partial charge in [-0.2, -0.15) is 0 Å². The number of rotatable bonds is 11. The Labute approximate surface area is 186 Å². The van der Waals surface area contributed by atoms with Gasteiger partial charge < -0.3 is 30.2 Å². The molecule has 0 spiro atoms. The van der Waals surface area contributed by atoms with Gasteiger partial charge in [-0.25, -0.2) is 4.79 Å². The Morgan fingerprint density at radius 1 is 0.875 bits per heavy atom. The second-order valence-electron chi connectivity index (χ2n) is 6.72. The van der Waals surface area contributed by atoms with Gasteiger partial charge in [0.2, 0.25) is 11.8 Å². The minimum absolute atomic E-state index is 0.0528. The minimum Gasteiger partial charge on any atom is -0.495 e. The average Bonchev–Trinajstić information content (AvgIpc) is 2.77. The minimum atomic E-state index is -0.604. The zero-order valence-electron chi connectivity index (χ0n) is 18.3. The van der Waals surface area contributed by atoms with Crippen molar-refractivity contribution in [3.05, 3.63) is 48.0 Å². The maximum atomic E-state index is 12.2. The Kier molecular flexibility index (Phi) is 9.79. The van der Waals surface area contributed by atoms with Crippen molar-refractivity contribution in [3.63, 3.8) is 0 Å². The van der Waals surface area contributed by atoms with Crippen LogP contribution in [0.2, 0.25) is 0 Å². The van der Waals surface area contributed by atoms with E-state index >= 15 is 0 Å². The molecule has 32 heavy (non-hydrogen) atoms. The summed E-state index contributed by atoms with van der Waals surface area (Å²) in [7, 11) is 3.03. The number of aryl methyl sites for hydroxylation is 1. The number of nitrogens with one attached hydrogen (secondary N) is 4. The summed E-state index contributed by atoms with van der Waals surface area (Å²) in [6, 6.07) is 12.2. The Balaban J connectivity index is 1.76. The van der Waals surface area contributed by atoms with Gasteiger partial charge in [0.25, 0.3) is 0 Å². The number of amides is 3. The zero-order valence-corrected chi connectivity index (χ0v) is 18.3. The number of hydrogen-bond acceptors (Lipinski definition) is 7. The Bertz CT molecular complexity index is 934. The van der Waals surface area contributed by atoms with Crippen LogP contribution in [0.3, 0.4) is 0 Å². The summed E-state index contributed by atoms with van der Waals surface area (Å²) in [6.45, 7) is 2.11. The van der Waals surface area contributed by atoms with Crippen molar-refractivity contribution < 1.29 is 28.6 Å². The van der Waals surface area contributed by atoms with E-state index in [0.29, 0.717) is 29.4 Å². The largest absolute Gasteiger partial charge is 0.495 e. The van der Waals surface area contributed by atoms with Crippen LogP contribution in [-0.4, -0.2) is 58.4 Å². The van der Waals surface area contributed by atoms with E-state index in [1.54, 1.807) is 36.4 Å². The highest BCUT2D eigenvalue weighted by molar-refractivity contribution is 5.96. The highest BCUT2D eigenvalue weighted by atomic mass is 16.6. The summed E-state index contributed by atoms with van der Waals surface area (Å²) >= 11 is 0. The second kappa shape index (κ2) is 12.8. The zero-order chi connectivity index (χ0) is 23.3. The van der Waals surface area contributed by atoms with Crippen molar-refractivity contribution in [3.8, 4) is 5.75 Å². The number of benzene rings is 2. The van der Waals surface area contributed by atoms with Gasteiger partial charge in [-0.05, 0) is 42.8 Å².